The molecule has 0 bridgehead atoms. The van der Waals surface area contributed by atoms with Gasteiger partial charge in [-0.2, -0.15) is 0 Å². The number of likely N-dealkylation sites (N-methyl/N-ethyl adjacent to an activating group) is 1. The number of rotatable bonds is 2. The molecule has 1 atom stereocenters. The average molecular weight is 522 g/mol. The molecule has 0 N–H and O–H groups in total. The minimum absolute atomic E-state index is 0.101. The number of carbonyl (C=O) groups is 3. The average Bonchev–Trinajstić information content (AvgIpc) is 3.24. The molecular formula is C29H35N3O6. The number of methoxy groups -OCH3 is 1. The van der Waals surface area contributed by atoms with Crippen LogP contribution in [-0.4, -0.2) is 65.1 Å². The van der Waals surface area contributed by atoms with Gasteiger partial charge in [0.25, 0.3) is 0 Å². The van der Waals surface area contributed by atoms with Gasteiger partial charge in [0.05, 0.1) is 18.8 Å². The third-order valence-electron chi connectivity index (χ3n) is 6.42. The van der Waals surface area contributed by atoms with Gasteiger partial charge in [0.15, 0.2) is 5.78 Å². The highest BCUT2D eigenvalue weighted by molar-refractivity contribution is 6.07. The van der Waals surface area contributed by atoms with E-state index in [4.69, 9.17) is 14.2 Å². The molecule has 0 radical (unpaired) electrons. The topological polar surface area (TPSA) is 97.7 Å². The van der Waals surface area contributed by atoms with E-state index in [2.05, 4.69) is 4.99 Å². The molecule has 0 aromatic heterocycles. The fourth-order valence-corrected chi connectivity index (χ4v) is 4.94. The van der Waals surface area contributed by atoms with Gasteiger partial charge in [0.1, 0.15) is 17.0 Å². The summed E-state index contributed by atoms with van der Waals surface area (Å²) in [7, 11) is 3.38. The molecule has 9 heteroatoms. The number of guanidine groups is 1. The summed E-state index contributed by atoms with van der Waals surface area (Å²) in [5.74, 6) is 0.707. The van der Waals surface area contributed by atoms with E-state index in [0.29, 0.717) is 17.9 Å². The number of carbonyl (C=O) groups excluding carboxylic acids is 3. The summed E-state index contributed by atoms with van der Waals surface area (Å²) >= 11 is 0. The lowest BCUT2D eigenvalue weighted by Crippen LogP contribution is -2.41. The third-order valence-corrected chi connectivity index (χ3v) is 6.42. The fraction of sp³-hybridized carbons (Fsp3) is 0.448. The van der Waals surface area contributed by atoms with E-state index in [1.807, 2.05) is 36.4 Å². The summed E-state index contributed by atoms with van der Waals surface area (Å²) in [6, 6.07) is 7.19. The van der Waals surface area contributed by atoms with E-state index in [0.717, 1.165) is 11.1 Å². The summed E-state index contributed by atoms with van der Waals surface area (Å²) in [6.45, 7) is 10.6. The minimum atomic E-state index is -0.808. The predicted molar refractivity (Wildman–Crippen MR) is 144 cm³/mol. The molecule has 1 aliphatic heterocycles. The van der Waals surface area contributed by atoms with Gasteiger partial charge in [0, 0.05) is 12.5 Å². The number of ether oxygens (including phenoxy) is 3. The SMILES string of the molecule is COc1ccc(C2=C3[C@@H](CC24C=CC(=O)C=C4)N(C)/C(=N/C(=O)OC(C)(C)C)N3C(=O)OC(C)(C)C)cc1. The van der Waals surface area contributed by atoms with Crippen LogP contribution < -0.4 is 4.74 Å². The molecule has 9 nitrogen and oxygen atoms in total. The van der Waals surface area contributed by atoms with Crippen LogP contribution in [0.15, 0.2) is 59.3 Å². The van der Waals surface area contributed by atoms with Crippen molar-refractivity contribution in [3.8, 4) is 5.75 Å². The van der Waals surface area contributed by atoms with Gasteiger partial charge in [-0.15, -0.1) is 4.99 Å². The first kappa shape index (κ1) is 27.2. The third kappa shape index (κ3) is 5.23. The number of hydrogen-bond acceptors (Lipinski definition) is 6. The smallest absolute Gasteiger partial charge is 0.437 e. The van der Waals surface area contributed by atoms with Crippen molar-refractivity contribution in [1.82, 2.24) is 9.80 Å². The van der Waals surface area contributed by atoms with E-state index >= 15 is 0 Å². The number of nitrogens with zero attached hydrogens (tertiary/aromatic N) is 3. The van der Waals surface area contributed by atoms with Gasteiger partial charge < -0.3 is 19.1 Å². The molecular weight excluding hydrogens is 486 g/mol. The lowest BCUT2D eigenvalue weighted by atomic mass is 9.75. The Morgan fingerprint density at radius 3 is 2.08 bits per heavy atom. The molecule has 0 unspecified atom stereocenters. The number of amides is 2. The zero-order chi connectivity index (χ0) is 28.0. The zero-order valence-corrected chi connectivity index (χ0v) is 23.2. The number of ketones is 1. The van der Waals surface area contributed by atoms with Crippen LogP contribution in [0.4, 0.5) is 9.59 Å². The molecule has 0 saturated carbocycles. The van der Waals surface area contributed by atoms with E-state index in [9.17, 15) is 14.4 Å². The summed E-state index contributed by atoms with van der Waals surface area (Å²) in [4.78, 5) is 46.0. The van der Waals surface area contributed by atoms with Crippen molar-refractivity contribution in [1.29, 1.82) is 0 Å². The Bertz CT molecular complexity index is 1260. The highest BCUT2D eigenvalue weighted by Crippen LogP contribution is 2.56. The van der Waals surface area contributed by atoms with Gasteiger partial charge in [0.2, 0.25) is 5.96 Å². The maximum atomic E-state index is 13.7. The Balaban J connectivity index is 1.95. The first-order valence-electron chi connectivity index (χ1n) is 12.5. The zero-order valence-electron chi connectivity index (χ0n) is 23.2. The molecule has 1 aromatic rings. The second kappa shape index (κ2) is 9.45. The molecule has 1 spiro atoms. The van der Waals surface area contributed by atoms with Crippen LogP contribution in [0.2, 0.25) is 0 Å². The quantitative estimate of drug-likeness (QED) is 0.519. The highest BCUT2D eigenvalue weighted by atomic mass is 16.6. The summed E-state index contributed by atoms with van der Waals surface area (Å²) < 4.78 is 16.6. The van der Waals surface area contributed by atoms with Crippen LogP contribution in [0.1, 0.15) is 53.5 Å². The molecule has 3 aliphatic rings. The Morgan fingerprint density at radius 1 is 0.974 bits per heavy atom. The molecule has 4 rings (SSSR count). The van der Waals surface area contributed by atoms with E-state index in [-0.39, 0.29) is 17.8 Å². The molecule has 202 valence electrons. The van der Waals surface area contributed by atoms with Crippen LogP contribution in [-0.2, 0) is 14.3 Å². The van der Waals surface area contributed by atoms with Gasteiger partial charge in [-0.3, -0.25) is 4.79 Å². The van der Waals surface area contributed by atoms with E-state index in [1.54, 1.807) is 72.8 Å². The monoisotopic (exact) mass is 521 g/mol. The minimum Gasteiger partial charge on any atom is -0.497 e. The summed E-state index contributed by atoms with van der Waals surface area (Å²) in [5, 5.41) is 0. The largest absolute Gasteiger partial charge is 0.497 e. The highest BCUT2D eigenvalue weighted by Gasteiger charge is 2.55. The van der Waals surface area contributed by atoms with Crippen molar-refractivity contribution < 1.29 is 28.6 Å². The predicted octanol–water partition coefficient (Wildman–Crippen LogP) is 5.33. The van der Waals surface area contributed by atoms with Crippen molar-refractivity contribution in [2.75, 3.05) is 14.2 Å². The number of allylic oxidation sites excluding steroid dienone is 5. The van der Waals surface area contributed by atoms with E-state index in [1.165, 1.54) is 4.90 Å². The van der Waals surface area contributed by atoms with Crippen LogP contribution in [0.5, 0.6) is 5.75 Å². The second-order valence-corrected chi connectivity index (χ2v) is 11.6. The lowest BCUT2D eigenvalue weighted by molar-refractivity contribution is -0.110. The van der Waals surface area contributed by atoms with Crippen molar-refractivity contribution in [2.45, 2.75) is 65.2 Å². The van der Waals surface area contributed by atoms with Gasteiger partial charge in [-0.05, 0) is 83.4 Å². The first-order valence-corrected chi connectivity index (χ1v) is 12.5. The van der Waals surface area contributed by atoms with Crippen LogP contribution in [0, 0.1) is 5.41 Å². The van der Waals surface area contributed by atoms with Crippen molar-refractivity contribution in [3.05, 3.63) is 59.8 Å². The Morgan fingerprint density at radius 2 is 1.55 bits per heavy atom. The molecule has 1 heterocycles. The number of benzene rings is 1. The Kier molecular flexibility index (Phi) is 6.76. The molecule has 2 aliphatic carbocycles. The van der Waals surface area contributed by atoms with Crippen molar-refractivity contribution in [2.24, 2.45) is 10.4 Å². The Hall–Kier alpha value is -3.88. The number of fused-ring (bicyclic) bond motifs is 1. The van der Waals surface area contributed by atoms with Crippen LogP contribution in [0.25, 0.3) is 5.57 Å². The number of hydrogen-bond donors (Lipinski definition) is 0. The molecule has 1 saturated heterocycles. The van der Waals surface area contributed by atoms with Gasteiger partial charge >= 0.3 is 12.2 Å². The normalized spacial score (nSPS) is 21.4. The molecule has 1 aromatic carbocycles. The Labute approximate surface area is 223 Å². The molecule has 1 fully saturated rings. The summed E-state index contributed by atoms with van der Waals surface area (Å²) in [5.41, 5.74) is 0.0859. The second-order valence-electron chi connectivity index (χ2n) is 11.6. The molecule has 2 amide bonds. The van der Waals surface area contributed by atoms with Crippen LogP contribution >= 0.6 is 0 Å². The van der Waals surface area contributed by atoms with E-state index < -0.39 is 28.8 Å². The van der Waals surface area contributed by atoms with Crippen molar-refractivity contribution in [3.63, 3.8) is 0 Å². The summed E-state index contributed by atoms with van der Waals surface area (Å²) in [6.07, 6.45) is 5.92. The van der Waals surface area contributed by atoms with Gasteiger partial charge in [-0.1, -0.05) is 24.3 Å². The lowest BCUT2D eigenvalue weighted by Gasteiger charge is -2.32. The maximum absolute atomic E-state index is 13.7. The first-order chi connectivity index (χ1) is 17.6. The standard InChI is InChI=1S/C29H35N3O6/c1-27(2,3)37-25(34)30-24-31(7)21-17-29(15-13-19(33)14-16-29)22(18-9-11-20(36-8)12-10-18)23(21)32(24)26(35)38-28(4,5)6/h9-16,21H,17H2,1-8H3/b30-24-/t21-/m1/s1. The number of aliphatic imine (C=N–C) groups is 1. The van der Waals surface area contributed by atoms with Crippen LogP contribution in [0.3, 0.4) is 0 Å². The molecule has 38 heavy (non-hydrogen) atoms. The fourth-order valence-electron chi connectivity index (χ4n) is 4.94. The van der Waals surface area contributed by atoms with Crippen molar-refractivity contribution >= 4 is 29.5 Å². The maximum Gasteiger partial charge on any atom is 0.437 e. The van der Waals surface area contributed by atoms with Gasteiger partial charge in [-0.25, -0.2) is 14.5 Å².